The Morgan fingerprint density at radius 3 is 2.69 bits per heavy atom. The molecule has 13 heavy (non-hydrogen) atoms. The second-order valence-corrected chi connectivity index (χ2v) is 2.51. The third kappa shape index (κ3) is 2.21. The second kappa shape index (κ2) is 4.50. The quantitative estimate of drug-likeness (QED) is 0.661. The van der Waals surface area contributed by atoms with E-state index in [0.717, 1.165) is 12.0 Å². The van der Waals surface area contributed by atoms with Crippen LogP contribution in [0.4, 0.5) is 0 Å². The Kier molecular flexibility index (Phi) is 3.31. The molecular formula is C10H13NO2. The number of aromatic nitrogens is 1. The Morgan fingerprint density at radius 2 is 2.15 bits per heavy atom. The molecular weight excluding hydrogens is 166 g/mol. The van der Waals surface area contributed by atoms with Crippen LogP contribution in [0.5, 0.6) is 11.8 Å². The molecule has 3 nitrogen and oxygen atoms in total. The van der Waals surface area contributed by atoms with E-state index in [2.05, 4.69) is 11.6 Å². The lowest BCUT2D eigenvalue weighted by Gasteiger charge is -2.06. The molecule has 0 amide bonds. The van der Waals surface area contributed by atoms with Crippen molar-refractivity contribution in [2.24, 2.45) is 0 Å². The zero-order valence-corrected chi connectivity index (χ0v) is 7.91. The first-order chi connectivity index (χ1) is 6.31. The maximum Gasteiger partial charge on any atom is 0.219 e. The highest BCUT2D eigenvalue weighted by Crippen LogP contribution is 2.19. The summed E-state index contributed by atoms with van der Waals surface area (Å²) in [6.07, 6.45) is 2.56. The molecule has 0 saturated heterocycles. The Hall–Kier alpha value is -1.51. The van der Waals surface area contributed by atoms with Gasteiger partial charge in [-0.15, -0.1) is 6.58 Å². The molecule has 0 aliphatic rings. The van der Waals surface area contributed by atoms with E-state index in [9.17, 15) is 0 Å². The summed E-state index contributed by atoms with van der Waals surface area (Å²) in [6.45, 7) is 3.66. The summed E-state index contributed by atoms with van der Waals surface area (Å²) in [6, 6.07) is 3.73. The lowest BCUT2D eigenvalue weighted by Crippen LogP contribution is -1.96. The van der Waals surface area contributed by atoms with E-state index in [1.807, 2.05) is 12.1 Å². The van der Waals surface area contributed by atoms with Crippen LogP contribution < -0.4 is 9.47 Å². The largest absolute Gasteiger partial charge is 0.481 e. The maximum absolute atomic E-state index is 5.10. The van der Waals surface area contributed by atoms with Crippen LogP contribution in [0.2, 0.25) is 0 Å². The van der Waals surface area contributed by atoms with Crippen LogP contribution in [0.15, 0.2) is 24.8 Å². The van der Waals surface area contributed by atoms with Crippen molar-refractivity contribution >= 4 is 0 Å². The minimum atomic E-state index is 0.560. The second-order valence-electron chi connectivity index (χ2n) is 2.51. The molecule has 0 fully saturated rings. The molecule has 0 spiro atoms. The normalized spacial score (nSPS) is 9.38. The molecule has 0 aliphatic heterocycles. The average molecular weight is 179 g/mol. The summed E-state index contributed by atoms with van der Waals surface area (Å²) < 4.78 is 10.1. The van der Waals surface area contributed by atoms with Crippen molar-refractivity contribution in [2.45, 2.75) is 6.42 Å². The van der Waals surface area contributed by atoms with Crippen molar-refractivity contribution < 1.29 is 9.47 Å². The molecule has 70 valence electrons. The van der Waals surface area contributed by atoms with Crippen LogP contribution in [0.1, 0.15) is 5.56 Å². The topological polar surface area (TPSA) is 31.4 Å². The van der Waals surface area contributed by atoms with E-state index in [0.29, 0.717) is 11.8 Å². The molecule has 0 radical (unpaired) electrons. The van der Waals surface area contributed by atoms with Crippen LogP contribution in [0.25, 0.3) is 0 Å². The first kappa shape index (κ1) is 9.58. The molecule has 0 aromatic carbocycles. The lowest BCUT2D eigenvalue weighted by atomic mass is 10.2. The highest BCUT2D eigenvalue weighted by atomic mass is 16.5. The molecule has 1 aromatic heterocycles. The minimum Gasteiger partial charge on any atom is -0.481 e. The minimum absolute atomic E-state index is 0.560. The van der Waals surface area contributed by atoms with Gasteiger partial charge in [-0.2, -0.15) is 4.98 Å². The Bertz CT molecular complexity index is 297. The Labute approximate surface area is 78.0 Å². The fourth-order valence-electron chi connectivity index (χ4n) is 1.05. The molecule has 1 rings (SSSR count). The highest BCUT2D eigenvalue weighted by molar-refractivity contribution is 5.31. The number of hydrogen-bond acceptors (Lipinski definition) is 3. The van der Waals surface area contributed by atoms with Gasteiger partial charge in [-0.05, 0) is 12.5 Å². The van der Waals surface area contributed by atoms with Crippen LogP contribution in [-0.2, 0) is 6.42 Å². The zero-order valence-electron chi connectivity index (χ0n) is 7.91. The molecule has 1 aromatic rings. The van der Waals surface area contributed by atoms with Crippen molar-refractivity contribution in [1.82, 2.24) is 4.98 Å². The van der Waals surface area contributed by atoms with Crippen molar-refractivity contribution in [3.63, 3.8) is 0 Å². The highest BCUT2D eigenvalue weighted by Gasteiger charge is 2.04. The van der Waals surface area contributed by atoms with Crippen LogP contribution >= 0.6 is 0 Å². The monoisotopic (exact) mass is 179 g/mol. The molecule has 0 atom stereocenters. The lowest BCUT2D eigenvalue weighted by molar-refractivity contribution is 0.362. The van der Waals surface area contributed by atoms with Crippen molar-refractivity contribution in [2.75, 3.05) is 14.2 Å². The Balaban J connectivity index is 3.00. The SMILES string of the molecule is C=CCc1ccc(OC)nc1OC. The van der Waals surface area contributed by atoms with E-state index in [1.165, 1.54) is 0 Å². The number of pyridine rings is 1. The van der Waals surface area contributed by atoms with Gasteiger partial charge in [0.2, 0.25) is 11.8 Å². The van der Waals surface area contributed by atoms with Gasteiger partial charge in [0.25, 0.3) is 0 Å². The zero-order chi connectivity index (χ0) is 9.68. The smallest absolute Gasteiger partial charge is 0.219 e. The van der Waals surface area contributed by atoms with Crippen LogP contribution in [-0.4, -0.2) is 19.2 Å². The fraction of sp³-hybridized carbons (Fsp3) is 0.300. The summed E-state index contributed by atoms with van der Waals surface area (Å²) in [5.74, 6) is 1.16. The van der Waals surface area contributed by atoms with Crippen LogP contribution in [0.3, 0.4) is 0 Å². The molecule has 1 heterocycles. The van der Waals surface area contributed by atoms with Crippen molar-refractivity contribution in [3.8, 4) is 11.8 Å². The van der Waals surface area contributed by atoms with Gasteiger partial charge in [0.15, 0.2) is 0 Å². The van der Waals surface area contributed by atoms with Gasteiger partial charge in [0.1, 0.15) is 0 Å². The summed E-state index contributed by atoms with van der Waals surface area (Å²) in [5.41, 5.74) is 1.01. The van der Waals surface area contributed by atoms with E-state index < -0.39 is 0 Å². The maximum atomic E-state index is 5.10. The average Bonchev–Trinajstić information content (AvgIpc) is 2.19. The third-order valence-corrected chi connectivity index (χ3v) is 1.68. The van der Waals surface area contributed by atoms with Gasteiger partial charge in [0.05, 0.1) is 14.2 Å². The molecule has 0 bridgehead atoms. The summed E-state index contributed by atoms with van der Waals surface area (Å²) in [5, 5.41) is 0. The molecule has 3 heteroatoms. The number of methoxy groups -OCH3 is 2. The van der Waals surface area contributed by atoms with Crippen LogP contribution in [0, 0.1) is 0 Å². The van der Waals surface area contributed by atoms with Gasteiger partial charge < -0.3 is 9.47 Å². The van der Waals surface area contributed by atoms with E-state index in [-0.39, 0.29) is 0 Å². The standard InChI is InChI=1S/C10H13NO2/c1-4-5-8-6-7-9(12-2)11-10(8)13-3/h4,6-7H,1,5H2,2-3H3. The number of nitrogens with zero attached hydrogens (tertiary/aromatic N) is 1. The summed E-state index contributed by atoms with van der Waals surface area (Å²) in [4.78, 5) is 4.14. The molecule has 0 saturated carbocycles. The first-order valence-corrected chi connectivity index (χ1v) is 4.00. The summed E-state index contributed by atoms with van der Waals surface area (Å²) in [7, 11) is 3.17. The molecule has 0 aliphatic carbocycles. The predicted molar refractivity (Wildman–Crippen MR) is 51.2 cm³/mol. The van der Waals surface area contributed by atoms with E-state index in [1.54, 1.807) is 20.3 Å². The van der Waals surface area contributed by atoms with Gasteiger partial charge in [-0.25, -0.2) is 0 Å². The molecule has 0 N–H and O–H groups in total. The number of ether oxygens (including phenoxy) is 2. The number of hydrogen-bond donors (Lipinski definition) is 0. The number of allylic oxidation sites excluding steroid dienone is 1. The van der Waals surface area contributed by atoms with Gasteiger partial charge in [0, 0.05) is 11.6 Å². The number of rotatable bonds is 4. The van der Waals surface area contributed by atoms with Gasteiger partial charge >= 0.3 is 0 Å². The Morgan fingerprint density at radius 1 is 1.38 bits per heavy atom. The summed E-state index contributed by atoms with van der Waals surface area (Å²) >= 11 is 0. The predicted octanol–water partition coefficient (Wildman–Crippen LogP) is 1.83. The van der Waals surface area contributed by atoms with Crippen molar-refractivity contribution in [3.05, 3.63) is 30.4 Å². The van der Waals surface area contributed by atoms with Gasteiger partial charge in [-0.3, -0.25) is 0 Å². The molecule has 0 unspecified atom stereocenters. The third-order valence-electron chi connectivity index (χ3n) is 1.68. The van der Waals surface area contributed by atoms with Crippen molar-refractivity contribution in [1.29, 1.82) is 0 Å². The van der Waals surface area contributed by atoms with E-state index in [4.69, 9.17) is 9.47 Å². The van der Waals surface area contributed by atoms with E-state index >= 15 is 0 Å². The van der Waals surface area contributed by atoms with Gasteiger partial charge in [-0.1, -0.05) is 6.08 Å². The fourth-order valence-corrected chi connectivity index (χ4v) is 1.05. The first-order valence-electron chi connectivity index (χ1n) is 4.00.